The van der Waals surface area contributed by atoms with Crippen LogP contribution in [0.3, 0.4) is 0 Å². The number of hydrogen-bond acceptors (Lipinski definition) is 3. The van der Waals surface area contributed by atoms with Crippen molar-refractivity contribution in [1.82, 2.24) is 10.6 Å². The molecule has 0 aromatic rings. The summed E-state index contributed by atoms with van der Waals surface area (Å²) in [4.78, 5) is 11.7. The molecule has 3 atom stereocenters. The summed E-state index contributed by atoms with van der Waals surface area (Å²) in [5, 5.41) is 6.34. The van der Waals surface area contributed by atoms with Crippen LogP contribution in [0, 0.1) is 11.3 Å². The Labute approximate surface area is 90.8 Å². The van der Waals surface area contributed by atoms with E-state index in [2.05, 4.69) is 31.4 Å². The number of hydrogen-bond donors (Lipinski definition) is 2. The van der Waals surface area contributed by atoms with E-state index < -0.39 is 0 Å². The van der Waals surface area contributed by atoms with Gasteiger partial charge in [-0.05, 0) is 5.92 Å². The number of ether oxygens (including phenoxy) is 1. The second-order valence-corrected chi connectivity index (χ2v) is 5.43. The lowest BCUT2D eigenvalue weighted by Crippen LogP contribution is -2.50. The lowest BCUT2D eigenvalue weighted by atomic mass is 9.86. The van der Waals surface area contributed by atoms with Crippen LogP contribution in [-0.2, 0) is 9.53 Å². The van der Waals surface area contributed by atoms with Crippen molar-refractivity contribution in [3.05, 3.63) is 0 Å². The highest BCUT2D eigenvalue weighted by atomic mass is 16.5. The molecule has 4 heteroatoms. The Kier molecular flexibility index (Phi) is 2.73. The van der Waals surface area contributed by atoms with E-state index in [-0.39, 0.29) is 17.4 Å². The van der Waals surface area contributed by atoms with Crippen LogP contribution in [0.15, 0.2) is 0 Å². The molecule has 2 rings (SSSR count). The second kappa shape index (κ2) is 3.76. The molecule has 2 aliphatic heterocycles. The summed E-state index contributed by atoms with van der Waals surface area (Å²) in [6.07, 6.45) is 0. The molecule has 1 amide bonds. The third-order valence-corrected chi connectivity index (χ3v) is 3.51. The van der Waals surface area contributed by atoms with Gasteiger partial charge in [-0.3, -0.25) is 10.1 Å². The van der Waals surface area contributed by atoms with Crippen molar-refractivity contribution >= 4 is 5.91 Å². The van der Waals surface area contributed by atoms with E-state index in [0.29, 0.717) is 12.0 Å². The van der Waals surface area contributed by atoms with E-state index in [1.807, 2.05) is 0 Å². The van der Waals surface area contributed by atoms with Gasteiger partial charge in [0, 0.05) is 18.0 Å². The van der Waals surface area contributed by atoms with Crippen LogP contribution in [0.25, 0.3) is 0 Å². The van der Waals surface area contributed by atoms with Crippen molar-refractivity contribution < 1.29 is 9.53 Å². The van der Waals surface area contributed by atoms with E-state index >= 15 is 0 Å². The predicted octanol–water partition coefficient (Wildman–Crippen LogP) is 0.135. The molecule has 0 spiro atoms. The first kappa shape index (κ1) is 10.9. The highest BCUT2D eigenvalue weighted by Crippen LogP contribution is 2.26. The first-order valence-electron chi connectivity index (χ1n) is 5.62. The smallest absolute Gasteiger partial charge is 0.237 e. The summed E-state index contributed by atoms with van der Waals surface area (Å²) < 4.78 is 5.39. The van der Waals surface area contributed by atoms with Gasteiger partial charge >= 0.3 is 0 Å². The van der Waals surface area contributed by atoms with Crippen LogP contribution < -0.4 is 10.6 Å². The van der Waals surface area contributed by atoms with Crippen molar-refractivity contribution in [3.8, 4) is 0 Å². The fraction of sp³-hybridized carbons (Fsp3) is 0.909. The Morgan fingerprint density at radius 2 is 2.20 bits per heavy atom. The molecule has 0 bridgehead atoms. The Hall–Kier alpha value is -0.610. The zero-order valence-electron chi connectivity index (χ0n) is 9.67. The summed E-state index contributed by atoms with van der Waals surface area (Å²) >= 11 is 0. The van der Waals surface area contributed by atoms with E-state index in [0.717, 1.165) is 19.8 Å². The summed E-state index contributed by atoms with van der Waals surface area (Å²) in [7, 11) is 0. The maximum Gasteiger partial charge on any atom is 0.237 e. The summed E-state index contributed by atoms with van der Waals surface area (Å²) in [6.45, 7) is 8.66. The van der Waals surface area contributed by atoms with E-state index in [9.17, 15) is 4.79 Å². The van der Waals surface area contributed by atoms with Crippen LogP contribution in [0.1, 0.15) is 20.8 Å². The lowest BCUT2D eigenvalue weighted by molar-refractivity contribution is -0.121. The van der Waals surface area contributed by atoms with Gasteiger partial charge in [-0.25, -0.2) is 0 Å². The Balaban J connectivity index is 2.01. The van der Waals surface area contributed by atoms with Crippen molar-refractivity contribution in [3.63, 3.8) is 0 Å². The Morgan fingerprint density at radius 1 is 1.47 bits per heavy atom. The van der Waals surface area contributed by atoms with Crippen molar-refractivity contribution in [2.45, 2.75) is 32.9 Å². The highest BCUT2D eigenvalue weighted by Gasteiger charge is 2.43. The molecule has 2 fully saturated rings. The third kappa shape index (κ3) is 2.01. The fourth-order valence-electron chi connectivity index (χ4n) is 2.26. The monoisotopic (exact) mass is 212 g/mol. The maximum atomic E-state index is 11.7. The van der Waals surface area contributed by atoms with Gasteiger partial charge in [0.05, 0.1) is 19.3 Å². The molecule has 0 saturated carbocycles. The molecule has 4 nitrogen and oxygen atoms in total. The van der Waals surface area contributed by atoms with Crippen LogP contribution in [-0.4, -0.2) is 37.7 Å². The largest absolute Gasteiger partial charge is 0.379 e. The van der Waals surface area contributed by atoms with Gasteiger partial charge < -0.3 is 10.1 Å². The van der Waals surface area contributed by atoms with Gasteiger partial charge in [0.2, 0.25) is 5.91 Å². The molecule has 2 aliphatic rings. The van der Waals surface area contributed by atoms with Crippen LogP contribution in [0.5, 0.6) is 0 Å². The molecule has 0 radical (unpaired) electrons. The third-order valence-electron chi connectivity index (χ3n) is 3.51. The highest BCUT2D eigenvalue weighted by molar-refractivity contribution is 5.85. The molecule has 3 unspecified atom stereocenters. The minimum atomic E-state index is -0.0772. The lowest BCUT2D eigenvalue weighted by Gasteiger charge is -2.28. The first-order valence-corrected chi connectivity index (χ1v) is 5.62. The first-order chi connectivity index (χ1) is 7.00. The van der Waals surface area contributed by atoms with E-state index in [1.54, 1.807) is 0 Å². The quantitative estimate of drug-likeness (QED) is 0.684. The maximum absolute atomic E-state index is 11.7. The normalized spacial score (nSPS) is 39.4. The van der Waals surface area contributed by atoms with Gasteiger partial charge in [0.1, 0.15) is 0 Å². The van der Waals surface area contributed by atoms with E-state index in [1.165, 1.54) is 0 Å². The van der Waals surface area contributed by atoms with E-state index in [4.69, 9.17) is 4.74 Å². The molecule has 0 aliphatic carbocycles. The molecule has 86 valence electrons. The molecule has 0 aromatic heterocycles. The molecular weight excluding hydrogens is 192 g/mol. The number of nitrogens with one attached hydrogen (secondary N) is 2. The molecular formula is C11H20N2O2. The molecule has 0 aromatic carbocycles. The van der Waals surface area contributed by atoms with Crippen molar-refractivity contribution in [1.29, 1.82) is 0 Å². The van der Waals surface area contributed by atoms with Crippen molar-refractivity contribution in [2.24, 2.45) is 11.3 Å². The van der Waals surface area contributed by atoms with Gasteiger partial charge in [0.25, 0.3) is 0 Å². The van der Waals surface area contributed by atoms with Crippen LogP contribution in [0.2, 0.25) is 0 Å². The minimum Gasteiger partial charge on any atom is -0.379 e. The number of carbonyl (C=O) groups excluding carboxylic acids is 1. The SMILES string of the molecule is CC1COCC1NC1C(=O)NCC1(C)C. The summed E-state index contributed by atoms with van der Waals surface area (Å²) in [5.41, 5.74) is -0.000602. The zero-order chi connectivity index (χ0) is 11.1. The topological polar surface area (TPSA) is 50.4 Å². The van der Waals surface area contributed by atoms with Gasteiger partial charge in [-0.2, -0.15) is 0 Å². The second-order valence-electron chi connectivity index (χ2n) is 5.43. The Morgan fingerprint density at radius 3 is 2.67 bits per heavy atom. The predicted molar refractivity (Wildman–Crippen MR) is 57.5 cm³/mol. The zero-order valence-corrected chi connectivity index (χ0v) is 9.67. The molecule has 2 heterocycles. The minimum absolute atomic E-state index is 0.000602. The molecule has 2 saturated heterocycles. The summed E-state index contributed by atoms with van der Waals surface area (Å²) in [5.74, 6) is 0.619. The fourth-order valence-corrected chi connectivity index (χ4v) is 2.26. The standard InChI is InChI=1S/C11H20N2O2/c1-7-4-15-5-8(7)13-9-10(14)12-6-11(9,2)3/h7-9,13H,4-6H2,1-3H3,(H,12,14). The molecule has 15 heavy (non-hydrogen) atoms. The number of carbonyl (C=O) groups is 1. The summed E-state index contributed by atoms with van der Waals surface area (Å²) in [6, 6.07) is 0.241. The van der Waals surface area contributed by atoms with Crippen LogP contribution >= 0.6 is 0 Å². The van der Waals surface area contributed by atoms with Gasteiger partial charge in [-0.15, -0.1) is 0 Å². The Bertz CT molecular complexity index is 265. The van der Waals surface area contributed by atoms with Crippen molar-refractivity contribution in [2.75, 3.05) is 19.8 Å². The number of amides is 1. The van der Waals surface area contributed by atoms with Gasteiger partial charge in [0.15, 0.2) is 0 Å². The number of rotatable bonds is 2. The van der Waals surface area contributed by atoms with Gasteiger partial charge in [-0.1, -0.05) is 20.8 Å². The average Bonchev–Trinajstić information content (AvgIpc) is 2.66. The molecule has 2 N–H and O–H groups in total. The van der Waals surface area contributed by atoms with Crippen LogP contribution in [0.4, 0.5) is 0 Å². The average molecular weight is 212 g/mol.